The van der Waals surface area contributed by atoms with Crippen LogP contribution in [0.3, 0.4) is 0 Å². The van der Waals surface area contributed by atoms with Gasteiger partial charge >= 0.3 is 0 Å². The van der Waals surface area contributed by atoms with Gasteiger partial charge in [-0.25, -0.2) is 0 Å². The van der Waals surface area contributed by atoms with Crippen LogP contribution in [-0.2, 0) is 9.53 Å². The summed E-state index contributed by atoms with van der Waals surface area (Å²) in [6, 6.07) is -0.00552. The van der Waals surface area contributed by atoms with Crippen LogP contribution in [0, 0.1) is 0 Å². The van der Waals surface area contributed by atoms with Gasteiger partial charge in [-0.05, 0) is 13.8 Å². The van der Waals surface area contributed by atoms with Crippen molar-refractivity contribution in [2.24, 2.45) is 0 Å². The van der Waals surface area contributed by atoms with E-state index in [1.54, 1.807) is 4.90 Å². The van der Waals surface area contributed by atoms with Crippen LogP contribution in [0.25, 0.3) is 0 Å². The number of nitrogens with zero attached hydrogens (tertiary/aromatic N) is 3. The van der Waals surface area contributed by atoms with Crippen molar-refractivity contribution in [2.75, 3.05) is 60.0 Å². The van der Waals surface area contributed by atoms with Crippen molar-refractivity contribution in [1.29, 1.82) is 0 Å². The summed E-state index contributed by atoms with van der Waals surface area (Å²) in [6.45, 7) is 10.6. The van der Waals surface area contributed by atoms with Gasteiger partial charge in [-0.3, -0.25) is 14.6 Å². The normalized spacial score (nSPS) is 19.8. The Bertz CT molecular complexity index is 251. The van der Waals surface area contributed by atoms with Crippen molar-refractivity contribution in [3.8, 4) is 0 Å². The highest BCUT2D eigenvalue weighted by Crippen LogP contribution is 2.07. The van der Waals surface area contributed by atoms with E-state index < -0.39 is 0 Å². The number of hydrogen-bond acceptors (Lipinski definition) is 4. The second-order valence-electron chi connectivity index (χ2n) is 4.98. The number of piperazine rings is 1. The summed E-state index contributed by atoms with van der Waals surface area (Å²) >= 11 is 0. The minimum atomic E-state index is -0.00552. The van der Waals surface area contributed by atoms with E-state index in [4.69, 9.17) is 4.74 Å². The smallest absolute Gasteiger partial charge is 0.239 e. The van der Waals surface area contributed by atoms with E-state index in [2.05, 4.69) is 9.80 Å². The van der Waals surface area contributed by atoms with Crippen molar-refractivity contribution < 1.29 is 9.53 Å². The van der Waals surface area contributed by atoms with Gasteiger partial charge in [0.2, 0.25) is 5.91 Å². The second-order valence-corrected chi connectivity index (χ2v) is 4.98. The summed E-state index contributed by atoms with van der Waals surface area (Å²) in [5.41, 5.74) is 0. The van der Waals surface area contributed by atoms with Crippen molar-refractivity contribution in [2.45, 2.75) is 19.9 Å². The lowest BCUT2D eigenvalue weighted by Gasteiger charge is -2.38. The first kappa shape index (κ1) is 15.4. The quantitative estimate of drug-likeness (QED) is 0.633. The summed E-state index contributed by atoms with van der Waals surface area (Å²) < 4.78 is 5.36. The molecule has 1 saturated heterocycles. The molecular formula is C13H27N3O2. The summed E-state index contributed by atoms with van der Waals surface area (Å²) in [5, 5.41) is 0. The predicted molar refractivity (Wildman–Crippen MR) is 72.7 cm³/mol. The highest BCUT2D eigenvalue weighted by molar-refractivity contribution is 5.80. The largest absolute Gasteiger partial charge is 0.380 e. The summed E-state index contributed by atoms with van der Waals surface area (Å²) in [6.07, 6.45) is 0. The average Bonchev–Trinajstić information content (AvgIpc) is 2.38. The van der Waals surface area contributed by atoms with E-state index in [1.165, 1.54) is 0 Å². The van der Waals surface area contributed by atoms with Crippen LogP contribution < -0.4 is 0 Å². The number of amides is 1. The van der Waals surface area contributed by atoms with Crippen molar-refractivity contribution in [3.05, 3.63) is 0 Å². The Morgan fingerprint density at radius 3 is 2.39 bits per heavy atom. The van der Waals surface area contributed by atoms with E-state index >= 15 is 0 Å². The number of ether oxygens (including phenoxy) is 1. The van der Waals surface area contributed by atoms with Gasteiger partial charge in [-0.15, -0.1) is 0 Å². The zero-order valence-electron chi connectivity index (χ0n) is 12.2. The third kappa shape index (κ3) is 4.55. The van der Waals surface area contributed by atoms with E-state index in [-0.39, 0.29) is 11.9 Å². The lowest BCUT2D eigenvalue weighted by Crippen LogP contribution is -2.54. The molecule has 0 bridgehead atoms. The van der Waals surface area contributed by atoms with Gasteiger partial charge in [0.05, 0.1) is 12.6 Å². The van der Waals surface area contributed by atoms with Gasteiger partial charge in [0.1, 0.15) is 0 Å². The number of carbonyl (C=O) groups excluding carboxylic acids is 1. The van der Waals surface area contributed by atoms with Gasteiger partial charge < -0.3 is 9.64 Å². The Hall–Kier alpha value is -0.650. The average molecular weight is 257 g/mol. The molecule has 5 heteroatoms. The molecule has 1 amide bonds. The van der Waals surface area contributed by atoms with E-state index in [1.807, 2.05) is 27.9 Å². The van der Waals surface area contributed by atoms with Crippen LogP contribution in [0.15, 0.2) is 0 Å². The third-order valence-electron chi connectivity index (χ3n) is 3.51. The first-order valence-corrected chi connectivity index (χ1v) is 6.81. The van der Waals surface area contributed by atoms with Gasteiger partial charge in [0, 0.05) is 53.4 Å². The summed E-state index contributed by atoms with van der Waals surface area (Å²) in [4.78, 5) is 18.2. The molecule has 1 heterocycles. The predicted octanol–water partition coefficient (Wildman–Crippen LogP) is 0.117. The molecular weight excluding hydrogens is 230 g/mol. The molecule has 1 fully saturated rings. The molecule has 0 spiro atoms. The van der Waals surface area contributed by atoms with Crippen LogP contribution in [0.1, 0.15) is 13.8 Å². The maximum absolute atomic E-state index is 11.9. The van der Waals surface area contributed by atoms with Crippen molar-refractivity contribution in [3.63, 3.8) is 0 Å². The fourth-order valence-electron chi connectivity index (χ4n) is 2.24. The molecule has 5 nitrogen and oxygen atoms in total. The first-order valence-electron chi connectivity index (χ1n) is 6.81. The summed E-state index contributed by atoms with van der Waals surface area (Å²) in [5.74, 6) is 0.192. The Morgan fingerprint density at radius 1 is 1.28 bits per heavy atom. The molecule has 1 rings (SSSR count). The Morgan fingerprint density at radius 2 is 1.89 bits per heavy atom. The molecule has 0 radical (unpaired) electrons. The number of likely N-dealkylation sites (N-methyl/N-ethyl adjacent to an activating group) is 1. The molecule has 0 unspecified atom stereocenters. The molecule has 18 heavy (non-hydrogen) atoms. The maximum Gasteiger partial charge on any atom is 0.239 e. The van der Waals surface area contributed by atoms with Crippen LogP contribution >= 0.6 is 0 Å². The van der Waals surface area contributed by atoms with Gasteiger partial charge in [0.25, 0.3) is 0 Å². The van der Waals surface area contributed by atoms with Gasteiger partial charge in [0.15, 0.2) is 0 Å². The molecule has 0 aliphatic carbocycles. The van der Waals surface area contributed by atoms with Crippen LogP contribution in [-0.4, -0.2) is 86.7 Å². The number of carbonyl (C=O) groups is 1. The van der Waals surface area contributed by atoms with Crippen molar-refractivity contribution in [1.82, 2.24) is 14.7 Å². The van der Waals surface area contributed by atoms with Crippen LogP contribution in [0.2, 0.25) is 0 Å². The standard InChI is InChI=1S/C13H27N3O2/c1-5-18-11-10-15-6-8-16(9-7-15)12(2)13(17)14(3)4/h12H,5-11H2,1-4H3/t12-/m0/s1. The minimum Gasteiger partial charge on any atom is -0.380 e. The highest BCUT2D eigenvalue weighted by Gasteiger charge is 2.26. The SMILES string of the molecule is CCOCCN1CCN([C@@H](C)C(=O)N(C)C)CC1. The topological polar surface area (TPSA) is 36.0 Å². The molecule has 0 aromatic heterocycles. The van der Waals surface area contributed by atoms with E-state index in [0.29, 0.717) is 0 Å². The lowest BCUT2D eigenvalue weighted by molar-refractivity contribution is -0.134. The molecule has 1 aliphatic rings. The maximum atomic E-state index is 11.9. The van der Waals surface area contributed by atoms with Crippen molar-refractivity contribution >= 4 is 5.91 Å². The van der Waals surface area contributed by atoms with E-state index in [0.717, 1.165) is 45.9 Å². The fourth-order valence-corrected chi connectivity index (χ4v) is 2.24. The zero-order chi connectivity index (χ0) is 13.5. The highest BCUT2D eigenvalue weighted by atomic mass is 16.5. The third-order valence-corrected chi connectivity index (χ3v) is 3.51. The van der Waals surface area contributed by atoms with E-state index in [9.17, 15) is 4.79 Å². The Labute approximate surface area is 111 Å². The molecule has 0 N–H and O–H groups in total. The lowest BCUT2D eigenvalue weighted by atomic mass is 10.2. The fraction of sp³-hybridized carbons (Fsp3) is 0.923. The van der Waals surface area contributed by atoms with Gasteiger partial charge in [-0.2, -0.15) is 0 Å². The number of hydrogen-bond donors (Lipinski definition) is 0. The van der Waals surface area contributed by atoms with Gasteiger partial charge in [-0.1, -0.05) is 0 Å². The monoisotopic (exact) mass is 257 g/mol. The molecule has 0 aromatic carbocycles. The van der Waals surface area contributed by atoms with Crippen LogP contribution in [0.5, 0.6) is 0 Å². The minimum absolute atomic E-state index is 0.00552. The first-order chi connectivity index (χ1) is 8.56. The molecule has 0 saturated carbocycles. The zero-order valence-corrected chi connectivity index (χ0v) is 12.2. The molecule has 106 valence electrons. The second kappa shape index (κ2) is 7.71. The Kier molecular flexibility index (Phi) is 6.60. The number of rotatable bonds is 6. The van der Waals surface area contributed by atoms with Crippen LogP contribution in [0.4, 0.5) is 0 Å². The summed E-state index contributed by atoms with van der Waals surface area (Å²) in [7, 11) is 3.63. The Balaban J connectivity index is 2.28. The molecule has 1 atom stereocenters. The molecule has 0 aromatic rings. The molecule has 1 aliphatic heterocycles.